The monoisotopic (exact) mass is 272 g/mol. The number of amides is 1. The lowest BCUT2D eigenvalue weighted by Gasteiger charge is -2.27. The van der Waals surface area contributed by atoms with Crippen LogP contribution in [0.1, 0.15) is 48.5 Å². The van der Waals surface area contributed by atoms with Crippen LogP contribution in [0, 0.1) is 17.8 Å². The lowest BCUT2D eigenvalue weighted by Crippen LogP contribution is -2.38. The maximum atomic E-state index is 12.3. The molecule has 2 atom stereocenters. The first kappa shape index (κ1) is 14.5. The van der Waals surface area contributed by atoms with E-state index < -0.39 is 0 Å². The molecule has 2 rings (SSSR count). The van der Waals surface area contributed by atoms with E-state index in [0.29, 0.717) is 17.0 Å². The van der Waals surface area contributed by atoms with Gasteiger partial charge in [-0.05, 0) is 24.8 Å². The van der Waals surface area contributed by atoms with Crippen LogP contribution in [-0.2, 0) is 0 Å². The van der Waals surface area contributed by atoms with Gasteiger partial charge in [0, 0.05) is 18.4 Å². The third-order valence-electron chi connectivity index (χ3n) is 3.64. The largest absolute Gasteiger partial charge is 0.384 e. The first-order valence-electron chi connectivity index (χ1n) is 7.05. The Kier molecular flexibility index (Phi) is 5.14. The summed E-state index contributed by atoms with van der Waals surface area (Å²) in [6, 6.07) is 1.92. The quantitative estimate of drug-likeness (QED) is 0.806. The number of carbonyl (C=O) groups is 1. The second-order valence-electron chi connectivity index (χ2n) is 5.32. The van der Waals surface area contributed by atoms with E-state index in [1.807, 2.05) is 0 Å². The van der Waals surface area contributed by atoms with Crippen molar-refractivity contribution in [3.8, 4) is 11.8 Å². The molecule has 1 aliphatic carbocycles. The molecule has 2 N–H and O–H groups in total. The number of nitrogens with zero attached hydrogens (tertiary/aromatic N) is 1. The van der Waals surface area contributed by atoms with Crippen molar-refractivity contribution in [3.63, 3.8) is 0 Å². The van der Waals surface area contributed by atoms with E-state index in [9.17, 15) is 4.79 Å². The molecule has 0 spiro atoms. The van der Waals surface area contributed by atoms with Gasteiger partial charge in [0.2, 0.25) is 0 Å². The van der Waals surface area contributed by atoms with Gasteiger partial charge in [0.15, 0.2) is 0 Å². The number of nitrogens with one attached hydrogen (secondary N) is 1. The molecule has 0 aliphatic heterocycles. The molecule has 4 heteroatoms. The molecule has 1 heterocycles. The van der Waals surface area contributed by atoms with Gasteiger partial charge in [-0.15, -0.1) is 0 Å². The maximum Gasteiger partial charge on any atom is 0.252 e. The van der Waals surface area contributed by atoms with Crippen LogP contribution in [0.3, 0.4) is 0 Å². The number of pyridine rings is 1. The molecule has 2 unspecified atom stereocenters. The number of aliphatic hydroxyl groups excluding tert-OH is 1. The van der Waals surface area contributed by atoms with Crippen molar-refractivity contribution in [2.45, 2.75) is 38.6 Å². The summed E-state index contributed by atoms with van der Waals surface area (Å²) in [7, 11) is 0. The Morgan fingerprint density at radius 1 is 1.55 bits per heavy atom. The molecule has 1 amide bonds. The van der Waals surface area contributed by atoms with Gasteiger partial charge in [0.1, 0.15) is 6.61 Å². The summed E-state index contributed by atoms with van der Waals surface area (Å²) in [6.45, 7) is 2.00. The highest BCUT2D eigenvalue weighted by molar-refractivity contribution is 5.96. The zero-order valence-corrected chi connectivity index (χ0v) is 11.7. The standard InChI is InChI=1S/C16H20N2O2/c1-12-4-2-6-14(10-12)18-16(20)15-7-8-17-11-13(15)5-3-9-19/h7-8,11-12,14,19H,2,4,6,9-10H2,1H3,(H,18,20). The minimum absolute atomic E-state index is 0.103. The average molecular weight is 272 g/mol. The number of aliphatic hydroxyl groups is 1. The van der Waals surface area contributed by atoms with E-state index >= 15 is 0 Å². The first-order chi connectivity index (χ1) is 9.70. The van der Waals surface area contributed by atoms with Gasteiger partial charge in [-0.3, -0.25) is 9.78 Å². The van der Waals surface area contributed by atoms with Gasteiger partial charge in [-0.1, -0.05) is 31.6 Å². The highest BCUT2D eigenvalue weighted by atomic mass is 16.2. The van der Waals surface area contributed by atoms with Crippen molar-refractivity contribution in [2.24, 2.45) is 5.92 Å². The Labute approximate surface area is 119 Å². The topological polar surface area (TPSA) is 62.2 Å². The van der Waals surface area contributed by atoms with Gasteiger partial charge in [0.05, 0.1) is 11.1 Å². The van der Waals surface area contributed by atoms with Crippen molar-refractivity contribution in [1.82, 2.24) is 10.3 Å². The Balaban J connectivity index is 2.09. The molecule has 1 aliphatic rings. The molecular weight excluding hydrogens is 252 g/mol. The minimum Gasteiger partial charge on any atom is -0.384 e. The van der Waals surface area contributed by atoms with Crippen LogP contribution in [0.25, 0.3) is 0 Å². The second kappa shape index (κ2) is 7.06. The fraction of sp³-hybridized carbons (Fsp3) is 0.500. The summed E-state index contributed by atoms with van der Waals surface area (Å²) >= 11 is 0. The molecule has 1 fully saturated rings. The third kappa shape index (κ3) is 3.82. The fourth-order valence-corrected chi connectivity index (χ4v) is 2.66. The maximum absolute atomic E-state index is 12.3. The molecule has 1 aromatic rings. The molecule has 0 aromatic carbocycles. The fourth-order valence-electron chi connectivity index (χ4n) is 2.66. The predicted octanol–water partition coefficient (Wildman–Crippen LogP) is 1.73. The van der Waals surface area contributed by atoms with Crippen LogP contribution in [-0.4, -0.2) is 28.6 Å². The Morgan fingerprint density at radius 3 is 3.15 bits per heavy atom. The number of aromatic nitrogens is 1. The predicted molar refractivity (Wildman–Crippen MR) is 77.1 cm³/mol. The highest BCUT2D eigenvalue weighted by Crippen LogP contribution is 2.23. The summed E-state index contributed by atoms with van der Waals surface area (Å²) in [5.41, 5.74) is 1.09. The highest BCUT2D eigenvalue weighted by Gasteiger charge is 2.21. The summed E-state index contributed by atoms with van der Waals surface area (Å²) < 4.78 is 0. The van der Waals surface area contributed by atoms with Gasteiger partial charge < -0.3 is 10.4 Å². The van der Waals surface area contributed by atoms with E-state index in [4.69, 9.17) is 5.11 Å². The molecule has 0 saturated heterocycles. The van der Waals surface area contributed by atoms with E-state index in [-0.39, 0.29) is 18.6 Å². The van der Waals surface area contributed by atoms with Gasteiger partial charge >= 0.3 is 0 Å². The van der Waals surface area contributed by atoms with Gasteiger partial charge in [0.25, 0.3) is 5.91 Å². The number of hydrogen-bond donors (Lipinski definition) is 2. The molecular formula is C16H20N2O2. The van der Waals surface area contributed by atoms with Crippen LogP contribution in [0.15, 0.2) is 18.5 Å². The van der Waals surface area contributed by atoms with E-state index in [1.165, 1.54) is 12.8 Å². The van der Waals surface area contributed by atoms with Crippen LogP contribution in [0.5, 0.6) is 0 Å². The number of carbonyl (C=O) groups excluding carboxylic acids is 1. The van der Waals surface area contributed by atoms with Crippen LogP contribution >= 0.6 is 0 Å². The molecule has 0 bridgehead atoms. The first-order valence-corrected chi connectivity index (χ1v) is 7.05. The van der Waals surface area contributed by atoms with E-state index in [1.54, 1.807) is 18.5 Å². The zero-order chi connectivity index (χ0) is 14.4. The summed E-state index contributed by atoms with van der Waals surface area (Å²) in [5, 5.41) is 11.8. The SMILES string of the molecule is CC1CCCC(NC(=O)c2ccncc2C#CCO)C1. The van der Waals surface area contributed by atoms with E-state index in [2.05, 4.69) is 29.1 Å². The molecule has 4 nitrogen and oxygen atoms in total. The second-order valence-corrected chi connectivity index (χ2v) is 5.32. The summed E-state index contributed by atoms with van der Waals surface area (Å²) in [5.74, 6) is 5.89. The molecule has 0 radical (unpaired) electrons. The number of hydrogen-bond acceptors (Lipinski definition) is 3. The normalized spacial score (nSPS) is 21.7. The number of rotatable bonds is 2. The van der Waals surface area contributed by atoms with E-state index in [0.717, 1.165) is 12.8 Å². The molecule has 20 heavy (non-hydrogen) atoms. The smallest absolute Gasteiger partial charge is 0.252 e. The third-order valence-corrected chi connectivity index (χ3v) is 3.64. The van der Waals surface area contributed by atoms with Crippen molar-refractivity contribution in [3.05, 3.63) is 29.6 Å². The van der Waals surface area contributed by atoms with Crippen LogP contribution < -0.4 is 5.32 Å². The Hall–Kier alpha value is -1.86. The molecule has 1 saturated carbocycles. The zero-order valence-electron chi connectivity index (χ0n) is 11.7. The van der Waals surface area contributed by atoms with Crippen LogP contribution in [0.4, 0.5) is 0 Å². The van der Waals surface area contributed by atoms with Crippen LogP contribution in [0.2, 0.25) is 0 Å². The summed E-state index contributed by atoms with van der Waals surface area (Å²) in [4.78, 5) is 16.3. The van der Waals surface area contributed by atoms with Gasteiger partial charge in [-0.25, -0.2) is 0 Å². The minimum atomic E-state index is -0.226. The Bertz CT molecular complexity index is 531. The van der Waals surface area contributed by atoms with Crippen molar-refractivity contribution < 1.29 is 9.90 Å². The van der Waals surface area contributed by atoms with Crippen molar-refractivity contribution in [2.75, 3.05) is 6.61 Å². The lowest BCUT2D eigenvalue weighted by atomic mass is 9.87. The average Bonchev–Trinajstić information content (AvgIpc) is 2.45. The molecule has 106 valence electrons. The lowest BCUT2D eigenvalue weighted by molar-refractivity contribution is 0.0921. The Morgan fingerprint density at radius 2 is 2.40 bits per heavy atom. The van der Waals surface area contributed by atoms with Crippen molar-refractivity contribution in [1.29, 1.82) is 0 Å². The molecule has 1 aromatic heterocycles. The van der Waals surface area contributed by atoms with Gasteiger partial charge in [-0.2, -0.15) is 0 Å². The van der Waals surface area contributed by atoms with Crippen molar-refractivity contribution >= 4 is 5.91 Å². The summed E-state index contributed by atoms with van der Waals surface area (Å²) in [6.07, 6.45) is 7.63.